The van der Waals surface area contributed by atoms with Gasteiger partial charge in [-0.25, -0.2) is 5.43 Å². The van der Waals surface area contributed by atoms with Gasteiger partial charge in [0.2, 0.25) is 0 Å². The fourth-order valence-corrected chi connectivity index (χ4v) is 2.20. The van der Waals surface area contributed by atoms with E-state index < -0.39 is 11.8 Å². The number of ether oxygens (including phenoxy) is 3. The predicted molar refractivity (Wildman–Crippen MR) is 87.9 cm³/mol. The molecule has 0 aromatic heterocycles. The molecule has 126 valence electrons. The minimum Gasteiger partial charge on any atom is -0.493 e. The fraction of sp³-hybridized carbons (Fsp3) is 0.357. The number of halogens is 1. The van der Waals surface area contributed by atoms with Crippen molar-refractivity contribution in [3.8, 4) is 11.5 Å². The van der Waals surface area contributed by atoms with Gasteiger partial charge in [0.05, 0.1) is 31.5 Å². The van der Waals surface area contributed by atoms with E-state index in [9.17, 15) is 9.59 Å². The van der Waals surface area contributed by atoms with Crippen molar-refractivity contribution in [2.75, 3.05) is 34.5 Å². The number of carbonyl (C=O) groups excluding carboxylic acids is 2. The highest BCUT2D eigenvalue weighted by molar-refractivity contribution is 9.10. The molecule has 0 fully saturated rings. The Hall–Kier alpha value is -2.13. The molecule has 2 amide bonds. The van der Waals surface area contributed by atoms with Crippen molar-refractivity contribution < 1.29 is 23.8 Å². The molecule has 0 heterocycles. The van der Waals surface area contributed by atoms with Gasteiger partial charge in [-0.2, -0.15) is 5.10 Å². The van der Waals surface area contributed by atoms with Crippen molar-refractivity contribution >= 4 is 34.0 Å². The number of methoxy groups -OCH3 is 3. The first-order valence-corrected chi connectivity index (χ1v) is 7.34. The molecular weight excluding hydrogens is 370 g/mol. The molecule has 0 aliphatic carbocycles. The van der Waals surface area contributed by atoms with E-state index in [1.54, 1.807) is 12.1 Å². The van der Waals surface area contributed by atoms with Gasteiger partial charge in [0.15, 0.2) is 11.5 Å². The van der Waals surface area contributed by atoms with Gasteiger partial charge in [0.1, 0.15) is 0 Å². The summed E-state index contributed by atoms with van der Waals surface area (Å²) < 4.78 is 15.8. The molecule has 8 nitrogen and oxygen atoms in total. The van der Waals surface area contributed by atoms with Crippen LogP contribution in [-0.2, 0) is 14.3 Å². The van der Waals surface area contributed by atoms with E-state index in [4.69, 9.17) is 14.2 Å². The molecule has 0 bridgehead atoms. The van der Waals surface area contributed by atoms with Crippen molar-refractivity contribution in [2.45, 2.75) is 0 Å². The lowest BCUT2D eigenvalue weighted by Crippen LogP contribution is -2.39. The Kier molecular flexibility index (Phi) is 8.06. The van der Waals surface area contributed by atoms with E-state index in [2.05, 4.69) is 31.8 Å². The smallest absolute Gasteiger partial charge is 0.329 e. The largest absolute Gasteiger partial charge is 0.493 e. The predicted octanol–water partition coefficient (Wildman–Crippen LogP) is 0.679. The molecule has 1 aromatic carbocycles. The van der Waals surface area contributed by atoms with Crippen LogP contribution in [0.3, 0.4) is 0 Å². The van der Waals surface area contributed by atoms with Gasteiger partial charge in [-0.1, -0.05) is 0 Å². The van der Waals surface area contributed by atoms with E-state index in [0.29, 0.717) is 28.1 Å². The van der Waals surface area contributed by atoms with Crippen LogP contribution in [0.25, 0.3) is 0 Å². The molecule has 0 saturated heterocycles. The number of nitrogens with zero attached hydrogens (tertiary/aromatic N) is 1. The normalized spacial score (nSPS) is 10.4. The molecule has 0 saturated carbocycles. The topological polar surface area (TPSA) is 98.2 Å². The van der Waals surface area contributed by atoms with Crippen LogP contribution in [-0.4, -0.2) is 52.5 Å². The molecule has 1 aromatic rings. The molecular formula is C14H18BrN3O5. The number of carbonyl (C=O) groups is 2. The summed E-state index contributed by atoms with van der Waals surface area (Å²) in [5, 5.41) is 6.11. The van der Waals surface area contributed by atoms with Gasteiger partial charge >= 0.3 is 11.8 Å². The zero-order valence-electron chi connectivity index (χ0n) is 13.0. The first-order valence-electron chi connectivity index (χ1n) is 6.55. The van der Waals surface area contributed by atoms with Gasteiger partial charge in [-0.05, 0) is 33.6 Å². The number of amides is 2. The molecule has 0 spiro atoms. The summed E-state index contributed by atoms with van der Waals surface area (Å²) in [4.78, 5) is 22.9. The van der Waals surface area contributed by atoms with Crippen molar-refractivity contribution in [1.82, 2.24) is 10.7 Å². The maximum absolute atomic E-state index is 11.5. The second-order valence-electron chi connectivity index (χ2n) is 4.19. The van der Waals surface area contributed by atoms with Crippen LogP contribution < -0.4 is 20.2 Å². The number of nitrogens with one attached hydrogen (secondary N) is 2. The molecule has 2 N–H and O–H groups in total. The Morgan fingerprint density at radius 2 is 1.96 bits per heavy atom. The molecule has 9 heteroatoms. The Morgan fingerprint density at radius 1 is 1.22 bits per heavy atom. The third-order valence-electron chi connectivity index (χ3n) is 2.63. The third-order valence-corrected chi connectivity index (χ3v) is 3.22. The SMILES string of the molecule is COCCNC(=O)C(=O)N/N=C\c1cc(Br)c(OC)c(OC)c1. The highest BCUT2D eigenvalue weighted by atomic mass is 79.9. The average molecular weight is 388 g/mol. The summed E-state index contributed by atoms with van der Waals surface area (Å²) in [7, 11) is 4.54. The summed E-state index contributed by atoms with van der Waals surface area (Å²) in [6.45, 7) is 0.567. The standard InChI is InChI=1S/C14H18BrN3O5/c1-21-5-4-16-13(19)14(20)18-17-8-9-6-10(15)12(23-3)11(7-9)22-2/h6-8H,4-5H2,1-3H3,(H,16,19)(H,18,20)/b17-8-. The summed E-state index contributed by atoms with van der Waals surface area (Å²) in [5.74, 6) is -0.595. The van der Waals surface area contributed by atoms with E-state index in [0.717, 1.165) is 0 Å². The summed E-state index contributed by atoms with van der Waals surface area (Å²) >= 11 is 3.35. The van der Waals surface area contributed by atoms with Gasteiger partial charge < -0.3 is 19.5 Å². The van der Waals surface area contributed by atoms with Crippen molar-refractivity contribution in [2.24, 2.45) is 5.10 Å². The second-order valence-corrected chi connectivity index (χ2v) is 5.04. The fourth-order valence-electron chi connectivity index (χ4n) is 1.58. The van der Waals surface area contributed by atoms with E-state index >= 15 is 0 Å². The minimum absolute atomic E-state index is 0.245. The summed E-state index contributed by atoms with van der Waals surface area (Å²) in [6, 6.07) is 3.41. The third kappa shape index (κ3) is 5.87. The van der Waals surface area contributed by atoms with Crippen LogP contribution in [0.15, 0.2) is 21.7 Å². The Bertz CT molecular complexity index is 592. The maximum Gasteiger partial charge on any atom is 0.329 e. The minimum atomic E-state index is -0.864. The molecule has 0 atom stereocenters. The molecule has 23 heavy (non-hydrogen) atoms. The monoisotopic (exact) mass is 387 g/mol. The highest BCUT2D eigenvalue weighted by Crippen LogP contribution is 2.35. The Balaban J connectivity index is 2.66. The lowest BCUT2D eigenvalue weighted by atomic mass is 10.2. The van der Waals surface area contributed by atoms with Crippen LogP contribution in [0, 0.1) is 0 Å². The van der Waals surface area contributed by atoms with Gasteiger partial charge in [-0.3, -0.25) is 9.59 Å². The van der Waals surface area contributed by atoms with Crippen LogP contribution in [0.4, 0.5) is 0 Å². The average Bonchev–Trinajstić information content (AvgIpc) is 2.54. The Labute approximate surface area is 142 Å². The zero-order valence-corrected chi connectivity index (χ0v) is 14.6. The number of hydrogen-bond acceptors (Lipinski definition) is 6. The molecule has 1 rings (SSSR count). The van der Waals surface area contributed by atoms with Crippen LogP contribution >= 0.6 is 15.9 Å². The maximum atomic E-state index is 11.5. The quantitative estimate of drug-likeness (QED) is 0.310. The van der Waals surface area contributed by atoms with E-state index in [-0.39, 0.29) is 6.54 Å². The lowest BCUT2D eigenvalue weighted by molar-refractivity contribution is -0.139. The first kappa shape index (κ1) is 18.9. The zero-order chi connectivity index (χ0) is 17.2. The van der Waals surface area contributed by atoms with E-state index in [1.807, 2.05) is 0 Å². The van der Waals surface area contributed by atoms with Crippen molar-refractivity contribution in [3.63, 3.8) is 0 Å². The van der Waals surface area contributed by atoms with Crippen LogP contribution in [0.2, 0.25) is 0 Å². The van der Waals surface area contributed by atoms with Crippen molar-refractivity contribution in [1.29, 1.82) is 0 Å². The Morgan fingerprint density at radius 3 is 2.57 bits per heavy atom. The first-order chi connectivity index (χ1) is 11.0. The van der Waals surface area contributed by atoms with E-state index in [1.165, 1.54) is 27.5 Å². The molecule has 0 aliphatic heterocycles. The van der Waals surface area contributed by atoms with Crippen LogP contribution in [0.1, 0.15) is 5.56 Å². The number of hydrogen-bond donors (Lipinski definition) is 2. The number of hydrazone groups is 1. The number of benzene rings is 1. The highest BCUT2D eigenvalue weighted by Gasteiger charge is 2.12. The van der Waals surface area contributed by atoms with Gasteiger partial charge in [0.25, 0.3) is 0 Å². The summed E-state index contributed by atoms with van der Waals surface area (Å²) in [5.41, 5.74) is 2.78. The van der Waals surface area contributed by atoms with Gasteiger partial charge in [0, 0.05) is 13.7 Å². The van der Waals surface area contributed by atoms with Crippen molar-refractivity contribution in [3.05, 3.63) is 22.2 Å². The lowest BCUT2D eigenvalue weighted by Gasteiger charge is -2.10. The van der Waals surface area contributed by atoms with Crippen LogP contribution in [0.5, 0.6) is 11.5 Å². The number of rotatable bonds is 7. The molecule has 0 radical (unpaired) electrons. The van der Waals surface area contributed by atoms with Gasteiger partial charge in [-0.15, -0.1) is 0 Å². The molecule has 0 aliphatic rings. The summed E-state index contributed by atoms with van der Waals surface area (Å²) in [6.07, 6.45) is 1.38. The second kappa shape index (κ2) is 9.80. The molecule has 0 unspecified atom stereocenters.